The highest BCUT2D eigenvalue weighted by atomic mass is 19.1. The van der Waals surface area contributed by atoms with Gasteiger partial charge in [0.05, 0.1) is 11.3 Å². The van der Waals surface area contributed by atoms with E-state index in [0.29, 0.717) is 29.1 Å². The van der Waals surface area contributed by atoms with Crippen molar-refractivity contribution in [2.24, 2.45) is 0 Å². The second-order valence-corrected chi connectivity index (χ2v) is 8.10. The SMILES string of the molecule is Fc1ccc(-c2nc3ccc(N4CC5CCC4CN5)nc3n2-c2ccncc2)c(F)c1. The highest BCUT2D eigenvalue weighted by Gasteiger charge is 2.34. The summed E-state index contributed by atoms with van der Waals surface area (Å²) in [6, 6.07) is 12.0. The zero-order valence-electron chi connectivity index (χ0n) is 16.7. The fraction of sp³-hybridized carbons (Fsp3) is 0.261. The minimum atomic E-state index is -0.662. The number of anilines is 1. The van der Waals surface area contributed by atoms with Crippen LogP contribution in [0.2, 0.25) is 0 Å². The molecule has 8 heteroatoms. The predicted octanol–water partition coefficient (Wildman–Crippen LogP) is 3.70. The molecule has 3 saturated heterocycles. The molecule has 156 valence electrons. The highest BCUT2D eigenvalue weighted by molar-refractivity contribution is 5.81. The molecule has 0 radical (unpaired) electrons. The number of aromatic nitrogens is 4. The number of benzene rings is 1. The summed E-state index contributed by atoms with van der Waals surface area (Å²) in [6.45, 7) is 1.88. The quantitative estimate of drug-likeness (QED) is 0.550. The Kier molecular flexibility index (Phi) is 4.21. The van der Waals surface area contributed by atoms with Gasteiger partial charge < -0.3 is 10.2 Å². The van der Waals surface area contributed by atoms with E-state index in [2.05, 4.69) is 20.2 Å². The summed E-state index contributed by atoms with van der Waals surface area (Å²) in [6.07, 6.45) is 5.68. The standard InChI is InChI=1S/C23H20F2N6/c24-14-1-4-18(19(25)11-14)22-28-20-5-6-21(30-13-15-2-3-17(30)12-27-15)29-23(20)31(22)16-7-9-26-10-8-16/h1,4-11,15,17,27H,2-3,12-13H2. The third-order valence-electron chi connectivity index (χ3n) is 6.23. The van der Waals surface area contributed by atoms with Crippen LogP contribution in [0.5, 0.6) is 0 Å². The third-order valence-corrected chi connectivity index (χ3v) is 6.23. The Morgan fingerprint density at radius 2 is 1.84 bits per heavy atom. The molecule has 31 heavy (non-hydrogen) atoms. The number of halogens is 2. The third kappa shape index (κ3) is 3.06. The van der Waals surface area contributed by atoms with Crippen molar-refractivity contribution < 1.29 is 8.78 Å². The van der Waals surface area contributed by atoms with E-state index in [1.165, 1.54) is 18.6 Å². The van der Waals surface area contributed by atoms with E-state index in [1.54, 1.807) is 12.4 Å². The van der Waals surface area contributed by atoms with Crippen LogP contribution in [0.25, 0.3) is 28.2 Å². The Hall–Kier alpha value is -3.39. The van der Waals surface area contributed by atoms with E-state index < -0.39 is 11.6 Å². The van der Waals surface area contributed by atoms with E-state index >= 15 is 0 Å². The summed E-state index contributed by atoms with van der Waals surface area (Å²) in [4.78, 5) is 16.1. The van der Waals surface area contributed by atoms with Crippen LogP contribution in [-0.4, -0.2) is 44.7 Å². The molecule has 3 aliphatic heterocycles. The lowest BCUT2D eigenvalue weighted by Crippen LogP contribution is -2.61. The molecule has 3 aromatic heterocycles. The Bertz CT molecular complexity index is 1260. The summed E-state index contributed by atoms with van der Waals surface area (Å²) >= 11 is 0. The molecule has 2 bridgehead atoms. The van der Waals surface area contributed by atoms with Gasteiger partial charge in [0.1, 0.15) is 28.8 Å². The summed E-state index contributed by atoms with van der Waals surface area (Å²) < 4.78 is 30.0. The van der Waals surface area contributed by atoms with Gasteiger partial charge in [-0.25, -0.2) is 18.7 Å². The molecule has 0 spiro atoms. The molecule has 6 heterocycles. The zero-order valence-corrected chi connectivity index (χ0v) is 16.7. The Balaban J connectivity index is 1.55. The van der Waals surface area contributed by atoms with Crippen LogP contribution in [0, 0.1) is 11.6 Å². The van der Waals surface area contributed by atoms with Crippen molar-refractivity contribution in [3.05, 3.63) is 66.5 Å². The zero-order chi connectivity index (χ0) is 20.9. The number of nitrogens with one attached hydrogen (secondary N) is 1. The minimum Gasteiger partial charge on any atom is -0.351 e. The van der Waals surface area contributed by atoms with Gasteiger partial charge in [0, 0.05) is 43.6 Å². The number of hydrogen-bond acceptors (Lipinski definition) is 5. The van der Waals surface area contributed by atoms with Crippen LogP contribution in [-0.2, 0) is 0 Å². The lowest BCUT2D eigenvalue weighted by atomic mass is 9.93. The smallest absolute Gasteiger partial charge is 0.167 e. The Labute approximate surface area is 177 Å². The van der Waals surface area contributed by atoms with Gasteiger partial charge in [-0.15, -0.1) is 0 Å². The lowest BCUT2D eigenvalue weighted by Gasteiger charge is -2.46. The monoisotopic (exact) mass is 418 g/mol. The fourth-order valence-corrected chi connectivity index (χ4v) is 4.69. The molecule has 3 aliphatic rings. The van der Waals surface area contributed by atoms with Crippen molar-refractivity contribution in [2.45, 2.75) is 24.9 Å². The summed E-state index contributed by atoms with van der Waals surface area (Å²) in [5, 5.41) is 3.56. The number of fused-ring (bicyclic) bond motifs is 4. The van der Waals surface area contributed by atoms with Gasteiger partial charge in [0.15, 0.2) is 5.65 Å². The second kappa shape index (κ2) is 7.09. The van der Waals surface area contributed by atoms with Crippen LogP contribution in [0.1, 0.15) is 12.8 Å². The first kappa shape index (κ1) is 18.4. The molecule has 6 nitrogen and oxygen atoms in total. The Morgan fingerprint density at radius 1 is 0.968 bits per heavy atom. The van der Waals surface area contributed by atoms with Gasteiger partial charge in [-0.05, 0) is 49.2 Å². The highest BCUT2D eigenvalue weighted by Crippen LogP contribution is 2.32. The number of imidazole rings is 1. The maximum Gasteiger partial charge on any atom is 0.167 e. The van der Waals surface area contributed by atoms with Crippen molar-refractivity contribution in [3.8, 4) is 17.1 Å². The molecule has 0 amide bonds. The largest absolute Gasteiger partial charge is 0.351 e. The number of piperazine rings is 1. The molecular formula is C23H20F2N6. The molecule has 2 unspecified atom stereocenters. The lowest BCUT2D eigenvalue weighted by molar-refractivity contribution is 0.289. The van der Waals surface area contributed by atoms with Gasteiger partial charge in [-0.3, -0.25) is 9.55 Å². The average Bonchev–Trinajstić information content (AvgIpc) is 3.18. The molecule has 4 aromatic rings. The van der Waals surface area contributed by atoms with Crippen molar-refractivity contribution in [1.29, 1.82) is 0 Å². The molecular weight excluding hydrogens is 398 g/mol. The van der Waals surface area contributed by atoms with Crippen molar-refractivity contribution in [3.63, 3.8) is 0 Å². The van der Waals surface area contributed by atoms with Gasteiger partial charge in [-0.2, -0.15) is 0 Å². The van der Waals surface area contributed by atoms with E-state index in [0.717, 1.165) is 37.1 Å². The van der Waals surface area contributed by atoms with Crippen LogP contribution >= 0.6 is 0 Å². The van der Waals surface area contributed by atoms with E-state index in [1.807, 2.05) is 28.8 Å². The maximum absolute atomic E-state index is 14.7. The van der Waals surface area contributed by atoms with Crippen molar-refractivity contribution >= 4 is 17.0 Å². The minimum absolute atomic E-state index is 0.221. The number of rotatable bonds is 3. The number of nitrogens with zero attached hydrogens (tertiary/aromatic N) is 5. The topological polar surface area (TPSA) is 58.9 Å². The molecule has 7 rings (SSSR count). The van der Waals surface area contributed by atoms with Gasteiger partial charge in [-0.1, -0.05) is 0 Å². The van der Waals surface area contributed by atoms with Gasteiger partial charge in [0.2, 0.25) is 0 Å². The molecule has 1 aromatic carbocycles. The molecule has 3 fully saturated rings. The van der Waals surface area contributed by atoms with Crippen LogP contribution in [0.3, 0.4) is 0 Å². The number of hydrogen-bond donors (Lipinski definition) is 1. The predicted molar refractivity (Wildman–Crippen MR) is 114 cm³/mol. The van der Waals surface area contributed by atoms with Crippen molar-refractivity contribution in [2.75, 3.05) is 18.0 Å². The van der Waals surface area contributed by atoms with E-state index in [9.17, 15) is 8.78 Å². The summed E-state index contributed by atoms with van der Waals surface area (Å²) in [5.41, 5.74) is 2.28. The van der Waals surface area contributed by atoms with E-state index in [4.69, 9.17) is 4.98 Å². The van der Waals surface area contributed by atoms with Gasteiger partial charge >= 0.3 is 0 Å². The maximum atomic E-state index is 14.7. The second-order valence-electron chi connectivity index (χ2n) is 8.10. The first-order valence-electron chi connectivity index (χ1n) is 10.4. The van der Waals surface area contributed by atoms with E-state index in [-0.39, 0.29) is 5.56 Å². The first-order valence-corrected chi connectivity index (χ1v) is 10.4. The van der Waals surface area contributed by atoms with Crippen LogP contribution < -0.4 is 10.2 Å². The van der Waals surface area contributed by atoms with Crippen molar-refractivity contribution in [1.82, 2.24) is 24.8 Å². The molecule has 0 aliphatic carbocycles. The molecule has 2 atom stereocenters. The van der Waals surface area contributed by atoms with Crippen LogP contribution in [0.4, 0.5) is 14.6 Å². The number of pyridine rings is 2. The summed E-state index contributed by atoms with van der Waals surface area (Å²) in [7, 11) is 0. The van der Waals surface area contributed by atoms with Crippen LogP contribution in [0.15, 0.2) is 54.9 Å². The first-order chi connectivity index (χ1) is 15.2. The molecule has 1 N–H and O–H groups in total. The summed E-state index contributed by atoms with van der Waals surface area (Å²) in [5.74, 6) is -0.0116. The Morgan fingerprint density at radius 3 is 2.55 bits per heavy atom. The fourth-order valence-electron chi connectivity index (χ4n) is 4.69. The van der Waals surface area contributed by atoms with Gasteiger partial charge in [0.25, 0.3) is 0 Å². The number of piperidine rings is 2. The molecule has 0 saturated carbocycles. The normalized spacial score (nSPS) is 20.5. The average molecular weight is 418 g/mol.